The van der Waals surface area contributed by atoms with E-state index in [-0.39, 0.29) is 6.61 Å². The predicted molar refractivity (Wildman–Crippen MR) is 44.5 cm³/mol. The quantitative estimate of drug-likeness (QED) is 0.193. The van der Waals surface area contributed by atoms with Gasteiger partial charge in [0.05, 0.1) is 12.7 Å². The molecule has 5 nitrogen and oxygen atoms in total. The molecule has 0 amide bonds. The van der Waals surface area contributed by atoms with Crippen molar-refractivity contribution < 1.29 is 27.5 Å². The number of halogens is 3. The summed E-state index contributed by atoms with van der Waals surface area (Å²) in [5, 5.41) is 2.50. The van der Waals surface area contributed by atoms with E-state index in [0.717, 1.165) is 6.08 Å². The van der Waals surface area contributed by atoms with E-state index >= 15 is 0 Å². The van der Waals surface area contributed by atoms with Gasteiger partial charge >= 0.3 is 12.1 Å². The summed E-state index contributed by atoms with van der Waals surface area (Å²) in [5.41, 5.74) is 4.48. The van der Waals surface area contributed by atoms with Gasteiger partial charge in [-0.15, -0.1) is 0 Å². The fourth-order valence-corrected chi connectivity index (χ4v) is 0.415. The number of esters is 1. The van der Waals surface area contributed by atoms with E-state index in [4.69, 9.17) is 0 Å². The summed E-state index contributed by atoms with van der Waals surface area (Å²) in [4.78, 5) is 14.6. The van der Waals surface area contributed by atoms with Crippen LogP contribution in [0, 0.1) is 0 Å². The number of carbonyl (C=O) groups is 1. The van der Waals surface area contributed by atoms with Crippen molar-refractivity contribution >= 4 is 11.8 Å². The topological polar surface area (TPSA) is 73.9 Å². The molecule has 8 heteroatoms. The Kier molecular flexibility index (Phi) is 5.21. The molecule has 0 aliphatic rings. The second-order valence-corrected chi connectivity index (χ2v) is 2.13. The van der Waals surface area contributed by atoms with Crippen LogP contribution in [0.4, 0.5) is 13.2 Å². The molecule has 0 rings (SSSR count). The Balaban J connectivity index is 4.03. The van der Waals surface area contributed by atoms with Gasteiger partial charge in [-0.05, 0) is 6.92 Å². The van der Waals surface area contributed by atoms with E-state index in [1.807, 2.05) is 0 Å². The van der Waals surface area contributed by atoms with Crippen molar-refractivity contribution in [3.8, 4) is 0 Å². The zero-order valence-electron chi connectivity index (χ0n) is 7.75. The highest BCUT2D eigenvalue weighted by Crippen LogP contribution is 2.14. The lowest BCUT2D eigenvalue weighted by atomic mass is 10.6. The van der Waals surface area contributed by atoms with Crippen molar-refractivity contribution in [1.82, 2.24) is 0 Å². The summed E-state index contributed by atoms with van der Waals surface area (Å²) >= 11 is 0. The smallest absolute Gasteiger partial charge is 0.452 e. The monoisotopic (exact) mass is 226 g/mol. The standard InChI is InChI=1S/C7H9F3N2O3/c1-2-14-5(13)3-4-15-12-6(11)7(8,9)10/h3-4H,2H2,1H3,(H2,11,12)/b4-3+. The van der Waals surface area contributed by atoms with Gasteiger partial charge in [0, 0.05) is 0 Å². The molecule has 0 aromatic rings. The van der Waals surface area contributed by atoms with Gasteiger partial charge in [-0.2, -0.15) is 13.2 Å². The lowest BCUT2D eigenvalue weighted by Crippen LogP contribution is -2.31. The molecule has 0 saturated carbocycles. The molecule has 0 radical (unpaired) electrons. The number of nitrogens with two attached hydrogens (primary N) is 1. The molecule has 0 saturated heterocycles. The molecular formula is C7H9F3N2O3. The zero-order chi connectivity index (χ0) is 11.9. The van der Waals surface area contributed by atoms with Crippen LogP contribution in [0.25, 0.3) is 0 Å². The van der Waals surface area contributed by atoms with Crippen LogP contribution in [-0.2, 0) is 14.4 Å². The molecule has 0 bridgehead atoms. The van der Waals surface area contributed by atoms with Crippen molar-refractivity contribution in [1.29, 1.82) is 0 Å². The molecule has 2 N–H and O–H groups in total. The van der Waals surface area contributed by atoms with Gasteiger partial charge in [0.2, 0.25) is 5.84 Å². The lowest BCUT2D eigenvalue weighted by Gasteiger charge is -2.02. The molecule has 0 aromatic carbocycles. The summed E-state index contributed by atoms with van der Waals surface area (Å²) in [7, 11) is 0. The summed E-state index contributed by atoms with van der Waals surface area (Å²) in [6.07, 6.45) is -3.34. The van der Waals surface area contributed by atoms with Crippen LogP contribution in [0.3, 0.4) is 0 Å². The first-order chi connectivity index (χ1) is 6.88. The number of hydrogen-bond donors (Lipinski definition) is 1. The first kappa shape index (κ1) is 13.3. The number of oxime groups is 1. The van der Waals surface area contributed by atoms with Crippen molar-refractivity contribution in [2.75, 3.05) is 6.61 Å². The molecule has 0 spiro atoms. The maximum atomic E-state index is 11.7. The molecule has 86 valence electrons. The van der Waals surface area contributed by atoms with Crippen molar-refractivity contribution in [3.05, 3.63) is 12.3 Å². The Bertz CT molecular complexity index is 273. The van der Waals surface area contributed by atoms with Gasteiger partial charge in [0.15, 0.2) is 0 Å². The van der Waals surface area contributed by atoms with Gasteiger partial charge < -0.3 is 15.3 Å². The number of alkyl halides is 3. The average Bonchev–Trinajstić information content (AvgIpc) is 2.11. The van der Waals surface area contributed by atoms with E-state index in [1.54, 1.807) is 6.92 Å². The third-order valence-corrected chi connectivity index (χ3v) is 0.993. The molecule has 0 fully saturated rings. The summed E-state index contributed by atoms with van der Waals surface area (Å²) < 4.78 is 39.5. The van der Waals surface area contributed by atoms with Gasteiger partial charge in [-0.3, -0.25) is 0 Å². The van der Waals surface area contributed by atoms with Crippen LogP contribution in [-0.4, -0.2) is 24.6 Å². The van der Waals surface area contributed by atoms with Crippen LogP contribution >= 0.6 is 0 Å². The molecule has 15 heavy (non-hydrogen) atoms. The van der Waals surface area contributed by atoms with Crippen LogP contribution in [0.15, 0.2) is 17.5 Å². The van der Waals surface area contributed by atoms with E-state index in [9.17, 15) is 18.0 Å². The second kappa shape index (κ2) is 5.89. The van der Waals surface area contributed by atoms with E-state index < -0.39 is 18.0 Å². The molecular weight excluding hydrogens is 217 g/mol. The normalized spacial score (nSPS) is 12.9. The largest absolute Gasteiger partial charge is 0.463 e. The highest BCUT2D eigenvalue weighted by Gasteiger charge is 2.34. The van der Waals surface area contributed by atoms with Crippen molar-refractivity contribution in [2.45, 2.75) is 13.1 Å². The Morgan fingerprint density at radius 1 is 1.53 bits per heavy atom. The summed E-state index contributed by atoms with van der Waals surface area (Å²) in [5.74, 6) is -2.39. The van der Waals surface area contributed by atoms with Gasteiger partial charge in [-0.1, -0.05) is 5.16 Å². The summed E-state index contributed by atoms with van der Waals surface area (Å²) in [6.45, 7) is 1.73. The highest BCUT2D eigenvalue weighted by atomic mass is 19.4. The van der Waals surface area contributed by atoms with Gasteiger partial charge in [-0.25, -0.2) is 4.79 Å². The molecule has 0 atom stereocenters. The number of rotatable bonds is 4. The maximum absolute atomic E-state index is 11.7. The maximum Gasteiger partial charge on any atom is 0.452 e. The third-order valence-electron chi connectivity index (χ3n) is 0.993. The van der Waals surface area contributed by atoms with Crippen LogP contribution in [0.5, 0.6) is 0 Å². The molecule has 0 aliphatic heterocycles. The third kappa shape index (κ3) is 6.36. The molecule has 0 aliphatic carbocycles. The second-order valence-electron chi connectivity index (χ2n) is 2.13. The molecule has 0 aromatic heterocycles. The Labute approximate surface area is 83.3 Å². The zero-order valence-corrected chi connectivity index (χ0v) is 7.75. The van der Waals surface area contributed by atoms with Crippen LogP contribution in [0.2, 0.25) is 0 Å². The van der Waals surface area contributed by atoms with Gasteiger partial charge in [0.1, 0.15) is 6.26 Å². The number of nitrogens with zero attached hydrogens (tertiary/aromatic N) is 1. The van der Waals surface area contributed by atoms with E-state index in [0.29, 0.717) is 6.26 Å². The van der Waals surface area contributed by atoms with Gasteiger partial charge in [0.25, 0.3) is 0 Å². The minimum absolute atomic E-state index is 0.150. The Hall–Kier alpha value is -1.73. The SMILES string of the molecule is CCOC(=O)/C=C/O/N=C(\N)C(F)(F)F. The highest BCUT2D eigenvalue weighted by molar-refractivity contribution is 5.85. The van der Waals surface area contributed by atoms with Crippen molar-refractivity contribution in [2.24, 2.45) is 10.9 Å². The van der Waals surface area contributed by atoms with Crippen LogP contribution < -0.4 is 5.73 Å². The van der Waals surface area contributed by atoms with E-state index in [1.165, 1.54) is 0 Å². The van der Waals surface area contributed by atoms with Crippen LogP contribution in [0.1, 0.15) is 6.92 Å². The lowest BCUT2D eigenvalue weighted by molar-refractivity contribution is -0.137. The van der Waals surface area contributed by atoms with Crippen molar-refractivity contribution in [3.63, 3.8) is 0 Å². The molecule has 0 unspecified atom stereocenters. The Morgan fingerprint density at radius 2 is 2.13 bits per heavy atom. The fourth-order valence-electron chi connectivity index (χ4n) is 0.415. The number of amidine groups is 1. The number of carbonyl (C=O) groups excluding carboxylic acids is 1. The first-order valence-electron chi connectivity index (χ1n) is 3.77. The van der Waals surface area contributed by atoms with E-state index in [2.05, 4.69) is 20.5 Å². The minimum Gasteiger partial charge on any atom is -0.463 e. The summed E-state index contributed by atoms with van der Waals surface area (Å²) in [6, 6.07) is 0. The Morgan fingerprint density at radius 3 is 2.60 bits per heavy atom. The number of hydrogen-bond acceptors (Lipinski definition) is 4. The number of ether oxygens (including phenoxy) is 1. The minimum atomic E-state index is -4.75. The molecule has 0 heterocycles. The average molecular weight is 226 g/mol. The predicted octanol–water partition coefficient (Wildman–Crippen LogP) is 0.914. The fraction of sp³-hybridized carbons (Fsp3) is 0.429. The first-order valence-corrected chi connectivity index (χ1v) is 3.77.